The second-order valence-electron chi connectivity index (χ2n) is 5.11. The summed E-state index contributed by atoms with van der Waals surface area (Å²) in [5.74, 6) is 0.956. The van der Waals surface area contributed by atoms with Gasteiger partial charge in [-0.3, -0.25) is 10.00 Å². The number of fused-ring (bicyclic) bond motifs is 1. The average Bonchev–Trinajstić information content (AvgIpc) is 2.90. The van der Waals surface area contributed by atoms with Crippen molar-refractivity contribution in [1.82, 2.24) is 25.1 Å². The first-order valence-corrected chi connectivity index (χ1v) is 7.89. The number of nitrogens with zero attached hydrogens (tertiary/aromatic N) is 5. The van der Waals surface area contributed by atoms with E-state index in [1.807, 2.05) is 0 Å². The number of hydrogen-bond acceptors (Lipinski definition) is 6. The summed E-state index contributed by atoms with van der Waals surface area (Å²) in [5.41, 5.74) is 0.703. The van der Waals surface area contributed by atoms with Crippen LogP contribution < -0.4 is 4.90 Å². The van der Waals surface area contributed by atoms with Gasteiger partial charge in [0.25, 0.3) is 0 Å². The molecule has 1 fully saturated rings. The summed E-state index contributed by atoms with van der Waals surface area (Å²) >= 11 is 3.49. The van der Waals surface area contributed by atoms with Crippen LogP contribution in [0.3, 0.4) is 0 Å². The van der Waals surface area contributed by atoms with E-state index < -0.39 is 0 Å². The van der Waals surface area contributed by atoms with Gasteiger partial charge in [0.05, 0.1) is 5.39 Å². The number of nitrogens with one attached hydrogen (secondary N) is 1. The average molecular weight is 355 g/mol. The lowest BCUT2D eigenvalue weighted by atomic mass is 10.2. The number of aromatic nitrogens is 4. The Morgan fingerprint density at radius 1 is 1.29 bits per heavy atom. The van der Waals surface area contributed by atoms with E-state index in [2.05, 4.69) is 45.9 Å². The van der Waals surface area contributed by atoms with Crippen molar-refractivity contribution in [2.75, 3.05) is 51.3 Å². The Morgan fingerprint density at radius 3 is 2.86 bits per heavy atom. The molecule has 3 heterocycles. The van der Waals surface area contributed by atoms with Gasteiger partial charge in [-0.1, -0.05) is 0 Å². The van der Waals surface area contributed by atoms with Gasteiger partial charge in [-0.25, -0.2) is 9.97 Å². The van der Waals surface area contributed by atoms with Crippen LogP contribution in [0.4, 0.5) is 5.82 Å². The molecule has 114 valence electrons. The van der Waals surface area contributed by atoms with Gasteiger partial charge in [-0.05, 0) is 22.4 Å². The first-order valence-electron chi connectivity index (χ1n) is 7.10. The maximum atomic E-state index is 5.11. The maximum Gasteiger partial charge on any atom is 0.187 e. The van der Waals surface area contributed by atoms with Gasteiger partial charge in [-0.2, -0.15) is 5.10 Å². The van der Waals surface area contributed by atoms with Crippen LogP contribution in [0.1, 0.15) is 6.42 Å². The highest BCUT2D eigenvalue weighted by molar-refractivity contribution is 9.10. The second kappa shape index (κ2) is 6.67. The van der Waals surface area contributed by atoms with Crippen molar-refractivity contribution in [3.63, 3.8) is 0 Å². The predicted molar refractivity (Wildman–Crippen MR) is 84.5 cm³/mol. The fourth-order valence-corrected chi connectivity index (χ4v) is 3.11. The van der Waals surface area contributed by atoms with Crippen molar-refractivity contribution in [3.8, 4) is 0 Å². The van der Waals surface area contributed by atoms with Crippen LogP contribution in [0.25, 0.3) is 11.0 Å². The first-order chi connectivity index (χ1) is 10.3. The third kappa shape index (κ3) is 3.17. The predicted octanol–water partition coefficient (Wildman–Crippen LogP) is 1.27. The van der Waals surface area contributed by atoms with Gasteiger partial charge in [0.1, 0.15) is 16.7 Å². The number of hydrogen-bond donors (Lipinski definition) is 1. The third-order valence-electron chi connectivity index (χ3n) is 3.78. The summed E-state index contributed by atoms with van der Waals surface area (Å²) in [6.45, 7) is 5.95. The Labute approximate surface area is 131 Å². The molecule has 0 aliphatic carbocycles. The van der Waals surface area contributed by atoms with Gasteiger partial charge in [0.15, 0.2) is 5.65 Å². The molecule has 0 amide bonds. The molecule has 0 radical (unpaired) electrons. The van der Waals surface area contributed by atoms with Crippen molar-refractivity contribution < 1.29 is 4.74 Å². The summed E-state index contributed by atoms with van der Waals surface area (Å²) in [6, 6.07) is 0. The zero-order valence-corrected chi connectivity index (χ0v) is 13.6. The fraction of sp³-hybridized carbons (Fsp3) is 0.615. The molecule has 21 heavy (non-hydrogen) atoms. The zero-order chi connectivity index (χ0) is 14.7. The highest BCUT2D eigenvalue weighted by atomic mass is 79.9. The van der Waals surface area contributed by atoms with E-state index in [9.17, 15) is 0 Å². The lowest BCUT2D eigenvalue weighted by Crippen LogP contribution is -2.47. The van der Waals surface area contributed by atoms with Crippen LogP contribution in [-0.4, -0.2) is 71.5 Å². The number of rotatable bonds is 5. The lowest BCUT2D eigenvalue weighted by Gasteiger charge is -2.35. The smallest absolute Gasteiger partial charge is 0.187 e. The Kier molecular flexibility index (Phi) is 4.67. The van der Waals surface area contributed by atoms with Crippen molar-refractivity contribution >= 4 is 32.8 Å². The second-order valence-corrected chi connectivity index (χ2v) is 5.90. The Bertz CT molecular complexity index is 595. The van der Waals surface area contributed by atoms with E-state index in [0.717, 1.165) is 61.6 Å². The molecule has 1 aliphatic rings. The number of halogens is 1. The van der Waals surface area contributed by atoms with E-state index in [0.29, 0.717) is 5.65 Å². The monoisotopic (exact) mass is 354 g/mol. The fourth-order valence-electron chi connectivity index (χ4n) is 2.66. The molecule has 7 nitrogen and oxygen atoms in total. The standard InChI is InChI=1S/C13H19BrN6O/c1-21-8-2-3-19-4-6-20(7-5-19)13-10-11(14)17-18-12(10)15-9-16-13/h9H,2-8H2,1H3,(H,15,16,17,18). The van der Waals surface area contributed by atoms with E-state index in [-0.39, 0.29) is 0 Å². The number of ether oxygens (including phenoxy) is 1. The van der Waals surface area contributed by atoms with Gasteiger partial charge in [0, 0.05) is 46.4 Å². The van der Waals surface area contributed by atoms with E-state index in [1.165, 1.54) is 0 Å². The Morgan fingerprint density at radius 2 is 2.10 bits per heavy atom. The van der Waals surface area contributed by atoms with Crippen LogP contribution in [0.5, 0.6) is 0 Å². The minimum absolute atomic E-state index is 0.703. The van der Waals surface area contributed by atoms with Crippen molar-refractivity contribution in [3.05, 3.63) is 10.9 Å². The van der Waals surface area contributed by atoms with Crippen LogP contribution in [0.2, 0.25) is 0 Å². The first kappa shape index (κ1) is 14.7. The minimum Gasteiger partial charge on any atom is -0.385 e. The molecule has 3 rings (SSSR count). The van der Waals surface area contributed by atoms with Gasteiger partial charge < -0.3 is 9.64 Å². The van der Waals surface area contributed by atoms with Crippen molar-refractivity contribution in [1.29, 1.82) is 0 Å². The number of methoxy groups -OCH3 is 1. The molecule has 1 aliphatic heterocycles. The van der Waals surface area contributed by atoms with Gasteiger partial charge in [0.2, 0.25) is 0 Å². The highest BCUT2D eigenvalue weighted by Crippen LogP contribution is 2.28. The molecule has 0 atom stereocenters. The molecule has 0 unspecified atom stereocenters. The largest absolute Gasteiger partial charge is 0.385 e. The minimum atomic E-state index is 0.703. The van der Waals surface area contributed by atoms with Crippen LogP contribution in [0, 0.1) is 0 Å². The molecule has 0 aromatic carbocycles. The molecular formula is C13H19BrN6O. The zero-order valence-electron chi connectivity index (χ0n) is 12.0. The SMILES string of the molecule is COCCCN1CCN(c2ncnc3n[nH]c(Br)c23)CC1. The normalized spacial score (nSPS) is 16.8. The molecule has 2 aromatic heterocycles. The molecular weight excluding hydrogens is 336 g/mol. The highest BCUT2D eigenvalue weighted by Gasteiger charge is 2.21. The summed E-state index contributed by atoms with van der Waals surface area (Å²) < 4.78 is 5.95. The van der Waals surface area contributed by atoms with Gasteiger partial charge >= 0.3 is 0 Å². The molecule has 0 spiro atoms. The maximum absolute atomic E-state index is 5.11. The van der Waals surface area contributed by atoms with E-state index in [1.54, 1.807) is 13.4 Å². The van der Waals surface area contributed by atoms with Crippen LogP contribution in [0.15, 0.2) is 10.9 Å². The summed E-state index contributed by atoms with van der Waals surface area (Å²) in [7, 11) is 1.75. The van der Waals surface area contributed by atoms with Crippen molar-refractivity contribution in [2.24, 2.45) is 0 Å². The summed E-state index contributed by atoms with van der Waals surface area (Å²) in [5, 5.41) is 8.04. The topological polar surface area (TPSA) is 70.2 Å². The molecule has 1 saturated heterocycles. The Balaban J connectivity index is 1.67. The molecule has 1 N–H and O–H groups in total. The third-order valence-corrected chi connectivity index (χ3v) is 4.36. The molecule has 0 saturated carbocycles. The molecule has 0 bridgehead atoms. The van der Waals surface area contributed by atoms with Crippen LogP contribution >= 0.6 is 15.9 Å². The number of H-pyrrole nitrogens is 1. The van der Waals surface area contributed by atoms with Crippen LogP contribution in [-0.2, 0) is 4.74 Å². The summed E-state index contributed by atoms with van der Waals surface area (Å²) in [4.78, 5) is 13.4. The summed E-state index contributed by atoms with van der Waals surface area (Å²) in [6.07, 6.45) is 2.66. The number of aromatic amines is 1. The lowest BCUT2D eigenvalue weighted by molar-refractivity contribution is 0.169. The molecule has 8 heteroatoms. The van der Waals surface area contributed by atoms with E-state index in [4.69, 9.17) is 4.74 Å². The number of anilines is 1. The molecule has 2 aromatic rings. The quantitative estimate of drug-likeness (QED) is 0.815. The number of piperazine rings is 1. The van der Waals surface area contributed by atoms with Crippen molar-refractivity contribution in [2.45, 2.75) is 6.42 Å². The Hall–Kier alpha value is -1.25. The van der Waals surface area contributed by atoms with Gasteiger partial charge in [-0.15, -0.1) is 0 Å². The van der Waals surface area contributed by atoms with E-state index >= 15 is 0 Å².